The van der Waals surface area contributed by atoms with Crippen LogP contribution in [0.5, 0.6) is 0 Å². The van der Waals surface area contributed by atoms with Crippen LogP contribution in [0.15, 0.2) is 28.7 Å². The molecule has 0 aromatic heterocycles. The summed E-state index contributed by atoms with van der Waals surface area (Å²) in [5, 5.41) is -0.190. The maximum Gasteiger partial charge on any atom is 0.214 e. The number of rotatable bonds is 4. The van der Waals surface area contributed by atoms with Crippen molar-refractivity contribution >= 4 is 26.0 Å². The second-order valence-corrected chi connectivity index (χ2v) is 7.26. The number of hydrogen-bond donors (Lipinski definition) is 1. The molecule has 1 fully saturated rings. The number of sulfonamides is 1. The molecule has 0 heterocycles. The smallest absolute Gasteiger partial charge is 0.212 e. The second kappa shape index (κ2) is 5.50. The molecule has 94 valence electrons. The Morgan fingerprint density at radius 1 is 1.24 bits per heavy atom. The average molecular weight is 318 g/mol. The van der Waals surface area contributed by atoms with Crippen molar-refractivity contribution in [1.29, 1.82) is 0 Å². The molecular formula is C12H16BrNO2S. The van der Waals surface area contributed by atoms with Crippen LogP contribution in [0, 0.1) is 0 Å². The molecular weight excluding hydrogens is 302 g/mol. The highest BCUT2D eigenvalue weighted by Crippen LogP contribution is 2.24. The van der Waals surface area contributed by atoms with Gasteiger partial charge in [0.2, 0.25) is 10.0 Å². The SMILES string of the molecule is O=S(=O)(NCc1ccccc1Br)C1CCCC1. The monoisotopic (exact) mass is 317 g/mol. The van der Waals surface area contributed by atoms with E-state index in [9.17, 15) is 8.42 Å². The van der Waals surface area contributed by atoms with Crippen molar-refractivity contribution < 1.29 is 8.42 Å². The van der Waals surface area contributed by atoms with Crippen LogP contribution in [0.1, 0.15) is 31.2 Å². The lowest BCUT2D eigenvalue weighted by atomic mass is 10.2. The molecule has 0 aliphatic heterocycles. The average Bonchev–Trinajstić information content (AvgIpc) is 2.82. The Balaban J connectivity index is 2.00. The van der Waals surface area contributed by atoms with Crippen LogP contribution >= 0.6 is 15.9 Å². The predicted octanol–water partition coefficient (Wildman–Crippen LogP) is 2.81. The molecule has 2 rings (SSSR count). The van der Waals surface area contributed by atoms with Crippen molar-refractivity contribution in [2.75, 3.05) is 0 Å². The first kappa shape index (κ1) is 13.1. The van der Waals surface area contributed by atoms with Crippen LogP contribution < -0.4 is 4.72 Å². The molecule has 0 unspecified atom stereocenters. The minimum absolute atomic E-state index is 0.190. The third-order valence-corrected chi connectivity index (χ3v) is 5.83. The molecule has 1 aliphatic carbocycles. The van der Waals surface area contributed by atoms with Gasteiger partial charge < -0.3 is 0 Å². The van der Waals surface area contributed by atoms with Crippen molar-refractivity contribution in [3.05, 3.63) is 34.3 Å². The van der Waals surface area contributed by atoms with Crippen molar-refractivity contribution in [2.45, 2.75) is 37.5 Å². The number of hydrogen-bond acceptors (Lipinski definition) is 2. The summed E-state index contributed by atoms with van der Waals surface area (Å²) < 4.78 is 27.6. The highest BCUT2D eigenvalue weighted by atomic mass is 79.9. The van der Waals surface area contributed by atoms with Crippen molar-refractivity contribution in [3.8, 4) is 0 Å². The van der Waals surface area contributed by atoms with Gasteiger partial charge in [0.05, 0.1) is 5.25 Å². The third kappa shape index (κ3) is 3.30. The Morgan fingerprint density at radius 3 is 2.53 bits per heavy atom. The van der Waals surface area contributed by atoms with Gasteiger partial charge in [0.1, 0.15) is 0 Å². The van der Waals surface area contributed by atoms with Gasteiger partial charge in [-0.25, -0.2) is 13.1 Å². The standard InChI is InChI=1S/C12H16BrNO2S/c13-12-8-4-1-5-10(12)9-14-17(15,16)11-6-2-3-7-11/h1,4-5,8,11,14H,2-3,6-7,9H2. The van der Waals surface area contributed by atoms with Crippen LogP contribution in [0.3, 0.4) is 0 Å². The van der Waals surface area contributed by atoms with E-state index in [-0.39, 0.29) is 5.25 Å². The quantitative estimate of drug-likeness (QED) is 0.928. The summed E-state index contributed by atoms with van der Waals surface area (Å²) >= 11 is 3.41. The maximum atomic E-state index is 12.0. The van der Waals surface area contributed by atoms with Crippen LogP contribution in [0.2, 0.25) is 0 Å². The predicted molar refractivity (Wildman–Crippen MR) is 72.2 cm³/mol. The number of nitrogens with one attached hydrogen (secondary N) is 1. The molecule has 0 bridgehead atoms. The lowest BCUT2D eigenvalue weighted by Crippen LogP contribution is -2.32. The second-order valence-electron chi connectivity index (χ2n) is 4.36. The fraction of sp³-hybridized carbons (Fsp3) is 0.500. The Bertz CT molecular complexity index is 481. The van der Waals surface area contributed by atoms with Gasteiger partial charge in [-0.3, -0.25) is 0 Å². The minimum Gasteiger partial charge on any atom is -0.212 e. The normalized spacial score (nSPS) is 17.5. The fourth-order valence-electron chi connectivity index (χ4n) is 2.14. The highest BCUT2D eigenvalue weighted by molar-refractivity contribution is 9.10. The fourth-order valence-corrected chi connectivity index (χ4v) is 4.11. The summed E-state index contributed by atoms with van der Waals surface area (Å²) in [6.07, 6.45) is 3.65. The van der Waals surface area contributed by atoms with Crippen molar-refractivity contribution in [3.63, 3.8) is 0 Å². The van der Waals surface area contributed by atoms with Crippen LogP contribution in [0.25, 0.3) is 0 Å². The molecule has 1 aliphatic rings. The summed E-state index contributed by atoms with van der Waals surface area (Å²) in [6.45, 7) is 0.361. The van der Waals surface area contributed by atoms with E-state index >= 15 is 0 Å². The lowest BCUT2D eigenvalue weighted by Gasteiger charge is -2.12. The third-order valence-electron chi connectivity index (χ3n) is 3.16. The highest BCUT2D eigenvalue weighted by Gasteiger charge is 2.28. The van der Waals surface area contributed by atoms with Gasteiger partial charge in [0.15, 0.2) is 0 Å². The van der Waals surface area contributed by atoms with Crippen molar-refractivity contribution in [2.24, 2.45) is 0 Å². The molecule has 1 aromatic rings. The van der Waals surface area contributed by atoms with Gasteiger partial charge in [-0.1, -0.05) is 47.0 Å². The Hall–Kier alpha value is -0.390. The summed E-state index contributed by atoms with van der Waals surface area (Å²) in [5.41, 5.74) is 0.967. The topological polar surface area (TPSA) is 46.2 Å². The van der Waals surface area contributed by atoms with E-state index in [2.05, 4.69) is 20.7 Å². The molecule has 1 N–H and O–H groups in total. The maximum absolute atomic E-state index is 12.0. The first-order valence-corrected chi connectivity index (χ1v) is 8.15. The Morgan fingerprint density at radius 2 is 1.88 bits per heavy atom. The van der Waals surface area contributed by atoms with Gasteiger partial charge in [0.25, 0.3) is 0 Å². The summed E-state index contributed by atoms with van der Waals surface area (Å²) in [7, 11) is -3.15. The molecule has 0 atom stereocenters. The van der Waals surface area contributed by atoms with E-state index < -0.39 is 10.0 Å². The van der Waals surface area contributed by atoms with Gasteiger partial charge >= 0.3 is 0 Å². The van der Waals surface area contributed by atoms with Crippen LogP contribution in [-0.2, 0) is 16.6 Å². The Kier molecular flexibility index (Phi) is 4.22. The molecule has 0 amide bonds. The van der Waals surface area contributed by atoms with Crippen molar-refractivity contribution in [1.82, 2.24) is 4.72 Å². The summed E-state index contributed by atoms with van der Waals surface area (Å²) in [5.74, 6) is 0. The summed E-state index contributed by atoms with van der Waals surface area (Å²) in [4.78, 5) is 0. The molecule has 5 heteroatoms. The van der Waals surface area contributed by atoms with Crippen LogP contribution in [-0.4, -0.2) is 13.7 Å². The van der Waals surface area contributed by atoms with E-state index in [1.165, 1.54) is 0 Å². The van der Waals surface area contributed by atoms with Crippen LogP contribution in [0.4, 0.5) is 0 Å². The molecule has 1 saturated carbocycles. The Labute approximate surface area is 111 Å². The number of halogens is 1. The molecule has 0 radical (unpaired) electrons. The van der Waals surface area contributed by atoms with Gasteiger partial charge in [-0.2, -0.15) is 0 Å². The van der Waals surface area contributed by atoms with Gasteiger partial charge in [-0.15, -0.1) is 0 Å². The first-order valence-electron chi connectivity index (χ1n) is 5.81. The van der Waals surface area contributed by atoms with E-state index in [1.807, 2.05) is 24.3 Å². The zero-order chi connectivity index (χ0) is 12.3. The van der Waals surface area contributed by atoms with Gasteiger partial charge in [0, 0.05) is 11.0 Å². The van der Waals surface area contributed by atoms with E-state index in [1.54, 1.807) is 0 Å². The summed E-state index contributed by atoms with van der Waals surface area (Å²) in [6, 6.07) is 7.66. The zero-order valence-electron chi connectivity index (χ0n) is 9.52. The zero-order valence-corrected chi connectivity index (χ0v) is 11.9. The molecule has 17 heavy (non-hydrogen) atoms. The molecule has 3 nitrogen and oxygen atoms in total. The molecule has 1 aromatic carbocycles. The van der Waals surface area contributed by atoms with Gasteiger partial charge in [-0.05, 0) is 24.5 Å². The van der Waals surface area contributed by atoms with E-state index in [4.69, 9.17) is 0 Å². The first-order chi connectivity index (χ1) is 8.09. The minimum atomic E-state index is -3.15. The van der Waals surface area contributed by atoms with E-state index in [0.717, 1.165) is 35.7 Å². The van der Waals surface area contributed by atoms with E-state index in [0.29, 0.717) is 6.54 Å². The number of benzene rings is 1. The molecule has 0 saturated heterocycles. The lowest BCUT2D eigenvalue weighted by molar-refractivity contribution is 0.564. The largest absolute Gasteiger partial charge is 0.214 e. The molecule has 0 spiro atoms.